The second-order valence-corrected chi connectivity index (χ2v) is 4.13. The van der Waals surface area contributed by atoms with Gasteiger partial charge in [0.25, 0.3) is 11.6 Å². The van der Waals surface area contributed by atoms with E-state index in [9.17, 15) is 19.7 Å². The quantitative estimate of drug-likeness (QED) is 0.634. The van der Waals surface area contributed by atoms with Gasteiger partial charge in [0.2, 0.25) is 0 Å². The number of carboxylic acids is 1. The molecule has 0 aliphatic heterocycles. The van der Waals surface area contributed by atoms with Gasteiger partial charge in [-0.1, -0.05) is 18.5 Å². The summed E-state index contributed by atoms with van der Waals surface area (Å²) < 4.78 is 0. The minimum absolute atomic E-state index is 0.119. The normalized spacial score (nSPS) is 11.7. The lowest BCUT2D eigenvalue weighted by Crippen LogP contribution is -2.40. The van der Waals surface area contributed by atoms with E-state index in [0.29, 0.717) is 0 Å². The summed E-state index contributed by atoms with van der Waals surface area (Å²) in [6.45, 7) is 1.58. The van der Waals surface area contributed by atoms with E-state index in [0.717, 1.165) is 6.07 Å². The highest BCUT2D eigenvalue weighted by molar-refractivity contribution is 6.31. The maximum atomic E-state index is 11.8. The van der Waals surface area contributed by atoms with Gasteiger partial charge in [0.1, 0.15) is 11.6 Å². The van der Waals surface area contributed by atoms with Crippen molar-refractivity contribution in [3.05, 3.63) is 38.9 Å². The monoisotopic (exact) mass is 286 g/mol. The number of nitrogens with one attached hydrogen (secondary N) is 1. The van der Waals surface area contributed by atoms with E-state index in [2.05, 4.69) is 5.32 Å². The van der Waals surface area contributed by atoms with Crippen LogP contribution in [0.5, 0.6) is 0 Å². The topological polar surface area (TPSA) is 110 Å². The van der Waals surface area contributed by atoms with Crippen LogP contribution in [0.4, 0.5) is 5.69 Å². The Kier molecular flexibility index (Phi) is 4.82. The second kappa shape index (κ2) is 6.14. The van der Waals surface area contributed by atoms with Crippen LogP contribution in [0.25, 0.3) is 0 Å². The van der Waals surface area contributed by atoms with Crippen LogP contribution in [0, 0.1) is 10.1 Å². The minimum atomic E-state index is -1.20. The zero-order chi connectivity index (χ0) is 14.6. The number of hydrogen-bond donors (Lipinski definition) is 2. The summed E-state index contributed by atoms with van der Waals surface area (Å²) in [5.74, 6) is -2.02. The highest BCUT2D eigenvalue weighted by Gasteiger charge is 2.24. The maximum absolute atomic E-state index is 11.8. The molecule has 0 fully saturated rings. The van der Waals surface area contributed by atoms with E-state index >= 15 is 0 Å². The molecule has 0 aliphatic rings. The highest BCUT2D eigenvalue weighted by atomic mass is 35.5. The van der Waals surface area contributed by atoms with E-state index in [-0.39, 0.29) is 17.0 Å². The van der Waals surface area contributed by atoms with Crippen molar-refractivity contribution in [1.82, 2.24) is 5.32 Å². The molecule has 0 aromatic heterocycles. The summed E-state index contributed by atoms with van der Waals surface area (Å²) in [5, 5.41) is 22.0. The number of carbonyl (C=O) groups excluding carboxylic acids is 1. The average molecular weight is 287 g/mol. The van der Waals surface area contributed by atoms with Crippen LogP contribution >= 0.6 is 11.6 Å². The van der Waals surface area contributed by atoms with Crippen molar-refractivity contribution >= 4 is 29.2 Å². The van der Waals surface area contributed by atoms with Gasteiger partial charge in [-0.05, 0) is 18.6 Å². The summed E-state index contributed by atoms with van der Waals surface area (Å²) in [6, 6.07) is 2.45. The lowest BCUT2D eigenvalue weighted by molar-refractivity contribution is -0.385. The number of rotatable bonds is 5. The number of amides is 1. The molecule has 0 saturated heterocycles. The molecule has 1 aromatic carbocycles. The van der Waals surface area contributed by atoms with E-state index in [1.54, 1.807) is 6.92 Å². The van der Waals surface area contributed by atoms with Crippen LogP contribution in [-0.4, -0.2) is 27.9 Å². The van der Waals surface area contributed by atoms with E-state index in [1.165, 1.54) is 12.1 Å². The first kappa shape index (κ1) is 14.9. The third-order valence-electron chi connectivity index (χ3n) is 2.41. The van der Waals surface area contributed by atoms with Gasteiger partial charge in [0, 0.05) is 11.1 Å². The third-order valence-corrected chi connectivity index (χ3v) is 2.65. The molecule has 2 N–H and O–H groups in total. The molecule has 1 atom stereocenters. The molecular weight excluding hydrogens is 276 g/mol. The van der Waals surface area contributed by atoms with Gasteiger partial charge in [-0.2, -0.15) is 0 Å². The van der Waals surface area contributed by atoms with Gasteiger partial charge in [-0.3, -0.25) is 14.9 Å². The van der Waals surface area contributed by atoms with Crippen molar-refractivity contribution in [2.75, 3.05) is 0 Å². The lowest BCUT2D eigenvalue weighted by Gasteiger charge is -2.12. The van der Waals surface area contributed by atoms with Crippen LogP contribution in [0.3, 0.4) is 0 Å². The summed E-state index contributed by atoms with van der Waals surface area (Å²) in [6.07, 6.45) is 0.169. The Morgan fingerprint density at radius 2 is 2.16 bits per heavy atom. The van der Waals surface area contributed by atoms with Gasteiger partial charge in [0.05, 0.1) is 4.92 Å². The van der Waals surface area contributed by atoms with Crippen molar-refractivity contribution in [2.24, 2.45) is 0 Å². The highest BCUT2D eigenvalue weighted by Crippen LogP contribution is 2.23. The fraction of sp³-hybridized carbons (Fsp3) is 0.273. The smallest absolute Gasteiger partial charge is 0.326 e. The Labute approximate surface area is 113 Å². The van der Waals surface area contributed by atoms with E-state index < -0.39 is 28.5 Å². The van der Waals surface area contributed by atoms with Crippen LogP contribution < -0.4 is 5.32 Å². The molecule has 19 heavy (non-hydrogen) atoms. The number of nitro groups is 1. The summed E-state index contributed by atoms with van der Waals surface area (Å²) in [5.41, 5.74) is -0.695. The Morgan fingerprint density at radius 3 is 2.63 bits per heavy atom. The van der Waals surface area contributed by atoms with E-state index in [4.69, 9.17) is 16.7 Å². The molecule has 1 aromatic rings. The van der Waals surface area contributed by atoms with Crippen LogP contribution in [0.2, 0.25) is 5.02 Å². The number of aliphatic carboxylic acids is 1. The van der Waals surface area contributed by atoms with Gasteiger partial charge in [-0.15, -0.1) is 0 Å². The molecule has 0 radical (unpaired) electrons. The fourth-order valence-electron chi connectivity index (χ4n) is 1.42. The molecule has 0 aliphatic carbocycles. The molecule has 102 valence electrons. The number of halogens is 1. The molecule has 1 amide bonds. The summed E-state index contributed by atoms with van der Waals surface area (Å²) >= 11 is 5.62. The van der Waals surface area contributed by atoms with Crippen molar-refractivity contribution < 1.29 is 19.6 Å². The molecule has 0 saturated carbocycles. The van der Waals surface area contributed by atoms with Crippen LogP contribution in [0.15, 0.2) is 18.2 Å². The van der Waals surface area contributed by atoms with Gasteiger partial charge >= 0.3 is 5.97 Å². The molecule has 7 nitrogen and oxygen atoms in total. The molecule has 0 heterocycles. The van der Waals surface area contributed by atoms with Gasteiger partial charge in [-0.25, -0.2) is 4.79 Å². The van der Waals surface area contributed by atoms with Crippen molar-refractivity contribution in [2.45, 2.75) is 19.4 Å². The molecule has 1 rings (SSSR count). The SMILES string of the molecule is CCC(NC(=O)c1ccc(Cl)cc1[N+](=O)[O-])C(=O)O. The molecule has 0 spiro atoms. The predicted octanol–water partition coefficient (Wildman–Crippen LogP) is 1.84. The second-order valence-electron chi connectivity index (χ2n) is 3.69. The van der Waals surface area contributed by atoms with E-state index in [1.807, 2.05) is 0 Å². The van der Waals surface area contributed by atoms with Crippen molar-refractivity contribution in [1.29, 1.82) is 0 Å². The van der Waals surface area contributed by atoms with Gasteiger partial charge < -0.3 is 10.4 Å². The number of hydrogen-bond acceptors (Lipinski definition) is 4. The first-order valence-electron chi connectivity index (χ1n) is 5.34. The largest absolute Gasteiger partial charge is 0.480 e. The number of nitro benzene ring substituents is 1. The van der Waals surface area contributed by atoms with Crippen molar-refractivity contribution in [3.63, 3.8) is 0 Å². The van der Waals surface area contributed by atoms with Crippen LogP contribution in [-0.2, 0) is 4.79 Å². The number of benzene rings is 1. The van der Waals surface area contributed by atoms with Gasteiger partial charge in [0.15, 0.2) is 0 Å². The maximum Gasteiger partial charge on any atom is 0.326 e. The standard InChI is InChI=1S/C11H11ClN2O5/c1-2-8(11(16)17)13-10(15)7-4-3-6(12)5-9(7)14(18)19/h3-5,8H,2H2,1H3,(H,13,15)(H,16,17). The fourth-order valence-corrected chi connectivity index (χ4v) is 1.59. The summed E-state index contributed by atoms with van der Waals surface area (Å²) in [7, 11) is 0. The molecule has 1 unspecified atom stereocenters. The Morgan fingerprint density at radius 1 is 1.53 bits per heavy atom. The number of carboxylic acid groups (broad SMARTS) is 1. The average Bonchev–Trinajstić information content (AvgIpc) is 2.34. The predicted molar refractivity (Wildman–Crippen MR) is 67.3 cm³/mol. The third kappa shape index (κ3) is 3.65. The molecule has 0 bridgehead atoms. The Hall–Kier alpha value is -2.15. The zero-order valence-corrected chi connectivity index (χ0v) is 10.7. The number of carbonyl (C=O) groups is 2. The van der Waals surface area contributed by atoms with Crippen molar-refractivity contribution in [3.8, 4) is 0 Å². The first-order valence-corrected chi connectivity index (χ1v) is 5.72. The number of nitrogens with zero attached hydrogens (tertiary/aromatic N) is 1. The molecular formula is C11H11ClN2O5. The first-order chi connectivity index (χ1) is 8.86. The lowest BCUT2D eigenvalue weighted by atomic mass is 10.1. The Bertz CT molecular complexity index is 532. The zero-order valence-electron chi connectivity index (χ0n) is 9.92. The summed E-state index contributed by atoms with van der Waals surface area (Å²) in [4.78, 5) is 32.7. The molecule has 8 heteroatoms. The Balaban J connectivity index is 3.06. The minimum Gasteiger partial charge on any atom is -0.480 e. The van der Waals surface area contributed by atoms with Crippen LogP contribution in [0.1, 0.15) is 23.7 Å².